The Morgan fingerprint density at radius 2 is 2.00 bits per heavy atom. The largest absolute Gasteiger partial charge is 0.478 e. The van der Waals surface area contributed by atoms with Crippen LogP contribution in [0, 0.1) is 13.8 Å². The van der Waals surface area contributed by atoms with E-state index >= 15 is 0 Å². The molecule has 86 valence electrons. The van der Waals surface area contributed by atoms with E-state index in [1.165, 1.54) is 0 Å². The molecular weight excluding hydrogens is 202 g/mol. The number of aryl methyl sites for hydroxylation is 2. The molecule has 0 heterocycles. The summed E-state index contributed by atoms with van der Waals surface area (Å²) in [5.74, 6) is -0.861. The van der Waals surface area contributed by atoms with Crippen LogP contribution in [0.4, 0.5) is 0 Å². The number of nitrogens with two attached hydrogens (primary N) is 1. The summed E-state index contributed by atoms with van der Waals surface area (Å²) in [6, 6.07) is 3.71. The molecule has 0 atom stereocenters. The van der Waals surface area contributed by atoms with Crippen molar-refractivity contribution in [3.05, 3.63) is 34.4 Å². The third-order valence-electron chi connectivity index (χ3n) is 3.35. The van der Waals surface area contributed by atoms with Crippen LogP contribution in [0.3, 0.4) is 0 Å². The Hall–Kier alpha value is -1.35. The first kappa shape index (κ1) is 11.1. The fourth-order valence-corrected chi connectivity index (χ4v) is 2.03. The lowest BCUT2D eigenvalue weighted by Gasteiger charge is -2.13. The predicted octanol–water partition coefficient (Wildman–Crippen LogP) is 2.04. The number of aromatic carboxylic acids is 1. The molecule has 0 spiro atoms. The van der Waals surface area contributed by atoms with Gasteiger partial charge in [0.15, 0.2) is 0 Å². The number of benzene rings is 1. The lowest BCUT2D eigenvalue weighted by atomic mass is 9.95. The van der Waals surface area contributed by atoms with Crippen molar-refractivity contribution >= 4 is 5.97 Å². The summed E-state index contributed by atoms with van der Waals surface area (Å²) < 4.78 is 0. The van der Waals surface area contributed by atoms with Crippen molar-refractivity contribution in [2.75, 3.05) is 0 Å². The van der Waals surface area contributed by atoms with Crippen LogP contribution in [-0.4, -0.2) is 16.6 Å². The standard InChI is InChI=1S/C13H17NO2/c1-8-5-9(2)11(12(15)16)6-10(8)7-13(14)3-4-13/h5-6H,3-4,7,14H2,1-2H3,(H,15,16). The van der Waals surface area contributed by atoms with Gasteiger partial charge < -0.3 is 10.8 Å². The summed E-state index contributed by atoms with van der Waals surface area (Å²) in [7, 11) is 0. The third kappa shape index (κ3) is 2.09. The van der Waals surface area contributed by atoms with Gasteiger partial charge in [-0.1, -0.05) is 6.07 Å². The number of carboxylic acid groups (broad SMARTS) is 1. The maximum absolute atomic E-state index is 11.0. The number of hydrogen-bond acceptors (Lipinski definition) is 2. The minimum Gasteiger partial charge on any atom is -0.478 e. The second-order valence-electron chi connectivity index (χ2n) is 4.94. The Balaban J connectivity index is 2.37. The molecule has 16 heavy (non-hydrogen) atoms. The lowest BCUT2D eigenvalue weighted by Crippen LogP contribution is -2.25. The first-order chi connectivity index (χ1) is 7.41. The summed E-state index contributed by atoms with van der Waals surface area (Å²) in [5.41, 5.74) is 9.41. The molecular formula is C13H17NO2. The normalized spacial score (nSPS) is 17.2. The molecule has 1 aliphatic rings. The van der Waals surface area contributed by atoms with Crippen LogP contribution < -0.4 is 5.73 Å². The average molecular weight is 219 g/mol. The number of rotatable bonds is 3. The van der Waals surface area contributed by atoms with E-state index in [-0.39, 0.29) is 5.54 Å². The molecule has 0 amide bonds. The van der Waals surface area contributed by atoms with Crippen molar-refractivity contribution in [3.8, 4) is 0 Å². The maximum Gasteiger partial charge on any atom is 0.335 e. The Kier molecular flexibility index (Phi) is 2.50. The molecule has 0 bridgehead atoms. The van der Waals surface area contributed by atoms with Gasteiger partial charge in [0, 0.05) is 5.54 Å². The molecule has 0 radical (unpaired) electrons. The lowest BCUT2D eigenvalue weighted by molar-refractivity contribution is 0.0696. The molecule has 3 heteroatoms. The molecule has 3 nitrogen and oxygen atoms in total. The van der Waals surface area contributed by atoms with E-state index in [0.717, 1.165) is 36.0 Å². The van der Waals surface area contributed by atoms with Crippen LogP contribution in [0.2, 0.25) is 0 Å². The topological polar surface area (TPSA) is 63.3 Å². The van der Waals surface area contributed by atoms with Crippen LogP contribution in [0.25, 0.3) is 0 Å². The minimum atomic E-state index is -0.861. The van der Waals surface area contributed by atoms with Gasteiger partial charge in [-0.2, -0.15) is 0 Å². The highest BCUT2D eigenvalue weighted by Crippen LogP contribution is 2.36. The van der Waals surface area contributed by atoms with Crippen LogP contribution in [0.5, 0.6) is 0 Å². The summed E-state index contributed by atoms with van der Waals surface area (Å²) in [5, 5.41) is 9.06. The zero-order valence-corrected chi connectivity index (χ0v) is 9.71. The first-order valence-corrected chi connectivity index (χ1v) is 5.54. The van der Waals surface area contributed by atoms with Crippen LogP contribution in [-0.2, 0) is 6.42 Å². The Morgan fingerprint density at radius 1 is 1.38 bits per heavy atom. The maximum atomic E-state index is 11.0. The molecule has 2 rings (SSSR count). The van der Waals surface area contributed by atoms with Gasteiger partial charge in [0.25, 0.3) is 0 Å². The molecule has 0 aromatic heterocycles. The highest BCUT2D eigenvalue weighted by molar-refractivity contribution is 5.89. The van der Waals surface area contributed by atoms with Crippen molar-refractivity contribution in [2.24, 2.45) is 5.73 Å². The second kappa shape index (κ2) is 3.59. The third-order valence-corrected chi connectivity index (χ3v) is 3.35. The van der Waals surface area contributed by atoms with E-state index in [9.17, 15) is 4.79 Å². The second-order valence-corrected chi connectivity index (χ2v) is 4.94. The fraction of sp³-hybridized carbons (Fsp3) is 0.462. The molecule has 0 saturated heterocycles. The number of carboxylic acids is 1. The van der Waals surface area contributed by atoms with Gasteiger partial charge in [-0.15, -0.1) is 0 Å². The quantitative estimate of drug-likeness (QED) is 0.817. The average Bonchev–Trinajstić information content (AvgIpc) is 2.88. The van der Waals surface area contributed by atoms with Crippen molar-refractivity contribution in [2.45, 2.75) is 38.6 Å². The molecule has 1 saturated carbocycles. The summed E-state index contributed by atoms with van der Waals surface area (Å²) in [6.45, 7) is 3.84. The van der Waals surface area contributed by atoms with Crippen molar-refractivity contribution in [3.63, 3.8) is 0 Å². The van der Waals surface area contributed by atoms with Gasteiger partial charge in [0.05, 0.1) is 5.56 Å². The van der Waals surface area contributed by atoms with Gasteiger partial charge in [-0.3, -0.25) is 0 Å². The summed E-state index contributed by atoms with van der Waals surface area (Å²) >= 11 is 0. The molecule has 1 aromatic rings. The van der Waals surface area contributed by atoms with E-state index in [1.54, 1.807) is 6.07 Å². The minimum absolute atomic E-state index is 0.0736. The van der Waals surface area contributed by atoms with E-state index in [2.05, 4.69) is 0 Å². The smallest absolute Gasteiger partial charge is 0.335 e. The Morgan fingerprint density at radius 3 is 2.50 bits per heavy atom. The fourth-order valence-electron chi connectivity index (χ4n) is 2.03. The first-order valence-electron chi connectivity index (χ1n) is 5.54. The van der Waals surface area contributed by atoms with Crippen molar-refractivity contribution < 1.29 is 9.90 Å². The van der Waals surface area contributed by atoms with E-state index in [4.69, 9.17) is 10.8 Å². The summed E-state index contributed by atoms with van der Waals surface area (Å²) in [4.78, 5) is 11.0. The predicted molar refractivity (Wildman–Crippen MR) is 62.7 cm³/mol. The Bertz CT molecular complexity index is 447. The molecule has 3 N–H and O–H groups in total. The monoisotopic (exact) mass is 219 g/mol. The molecule has 0 unspecified atom stereocenters. The van der Waals surface area contributed by atoms with Gasteiger partial charge in [0.2, 0.25) is 0 Å². The van der Waals surface area contributed by atoms with Crippen molar-refractivity contribution in [1.82, 2.24) is 0 Å². The zero-order valence-electron chi connectivity index (χ0n) is 9.71. The highest BCUT2D eigenvalue weighted by atomic mass is 16.4. The summed E-state index contributed by atoms with van der Waals surface area (Å²) in [6.07, 6.45) is 2.88. The Labute approximate surface area is 95.3 Å². The van der Waals surface area contributed by atoms with E-state index < -0.39 is 5.97 Å². The van der Waals surface area contributed by atoms with Crippen LogP contribution in [0.15, 0.2) is 12.1 Å². The molecule has 1 aliphatic carbocycles. The van der Waals surface area contributed by atoms with Crippen molar-refractivity contribution in [1.29, 1.82) is 0 Å². The van der Waals surface area contributed by atoms with Gasteiger partial charge in [-0.05, 0) is 55.9 Å². The van der Waals surface area contributed by atoms with Gasteiger partial charge >= 0.3 is 5.97 Å². The number of hydrogen-bond donors (Lipinski definition) is 2. The van der Waals surface area contributed by atoms with E-state index in [0.29, 0.717) is 5.56 Å². The van der Waals surface area contributed by atoms with E-state index in [1.807, 2.05) is 19.9 Å². The van der Waals surface area contributed by atoms with Crippen LogP contribution >= 0.6 is 0 Å². The highest BCUT2D eigenvalue weighted by Gasteiger charge is 2.38. The molecule has 1 fully saturated rings. The van der Waals surface area contributed by atoms with Gasteiger partial charge in [0.1, 0.15) is 0 Å². The molecule has 0 aliphatic heterocycles. The molecule has 1 aromatic carbocycles. The van der Waals surface area contributed by atoms with Gasteiger partial charge in [-0.25, -0.2) is 4.79 Å². The SMILES string of the molecule is Cc1cc(C)c(C(=O)O)cc1CC1(N)CC1. The zero-order chi connectivity index (χ0) is 11.9. The number of carbonyl (C=O) groups is 1. The van der Waals surface area contributed by atoms with Crippen LogP contribution in [0.1, 0.15) is 39.9 Å².